The first-order chi connectivity index (χ1) is 11.0. The molecule has 0 spiro atoms. The van der Waals surface area contributed by atoms with Crippen molar-refractivity contribution in [3.8, 4) is 5.75 Å². The maximum atomic E-state index is 13.1. The third-order valence-corrected chi connectivity index (χ3v) is 4.23. The zero-order valence-corrected chi connectivity index (χ0v) is 13.3. The van der Waals surface area contributed by atoms with Crippen LogP contribution in [0.1, 0.15) is 42.9 Å². The van der Waals surface area contributed by atoms with Crippen molar-refractivity contribution in [3.05, 3.63) is 47.5 Å². The fraction of sp³-hybridized carbons (Fsp3) is 0.412. The van der Waals surface area contributed by atoms with E-state index in [4.69, 9.17) is 4.74 Å². The largest absolute Gasteiger partial charge is 0.487 e. The summed E-state index contributed by atoms with van der Waals surface area (Å²) < 4.78 is 18.6. The zero-order valence-electron chi connectivity index (χ0n) is 13.3. The van der Waals surface area contributed by atoms with Crippen molar-refractivity contribution in [2.75, 3.05) is 0 Å². The van der Waals surface area contributed by atoms with Crippen molar-refractivity contribution in [1.82, 2.24) is 15.1 Å². The van der Waals surface area contributed by atoms with Crippen molar-refractivity contribution in [3.63, 3.8) is 0 Å². The molecule has 1 saturated heterocycles. The summed E-state index contributed by atoms with van der Waals surface area (Å²) in [6, 6.07) is 8.11. The van der Waals surface area contributed by atoms with Gasteiger partial charge < -0.3 is 9.64 Å². The summed E-state index contributed by atoms with van der Waals surface area (Å²) in [5, 5.41) is 6.90. The summed E-state index contributed by atoms with van der Waals surface area (Å²) in [5.74, 6) is 0.0324. The standard InChI is InChI=1S/C17H20FN3O2/c1-11-6-7-12(2)21(11)17(22)16-9-14(19-20-16)10-23-15-5-3-4-13(18)8-15/h3-5,8-9,11-12H,6-7,10H2,1-2H3,(H,19,20)/t11-,12+. The molecule has 6 heteroatoms. The van der Waals surface area contributed by atoms with Gasteiger partial charge in [-0.15, -0.1) is 0 Å². The predicted molar refractivity (Wildman–Crippen MR) is 83.6 cm³/mol. The van der Waals surface area contributed by atoms with Crippen molar-refractivity contribution in [1.29, 1.82) is 0 Å². The first-order valence-corrected chi connectivity index (χ1v) is 7.80. The summed E-state index contributed by atoms with van der Waals surface area (Å²) in [4.78, 5) is 14.4. The third-order valence-electron chi connectivity index (χ3n) is 4.23. The van der Waals surface area contributed by atoms with Crippen LogP contribution in [0, 0.1) is 5.82 Å². The van der Waals surface area contributed by atoms with Gasteiger partial charge in [-0.3, -0.25) is 9.89 Å². The van der Waals surface area contributed by atoms with Gasteiger partial charge in [0.15, 0.2) is 5.69 Å². The van der Waals surface area contributed by atoms with E-state index in [0.717, 1.165) is 12.8 Å². The third kappa shape index (κ3) is 3.36. The van der Waals surface area contributed by atoms with Gasteiger partial charge in [0, 0.05) is 18.2 Å². The molecule has 1 fully saturated rings. The Morgan fingerprint density at radius 2 is 2.09 bits per heavy atom. The highest BCUT2D eigenvalue weighted by Gasteiger charge is 2.32. The van der Waals surface area contributed by atoms with E-state index in [9.17, 15) is 9.18 Å². The fourth-order valence-electron chi connectivity index (χ4n) is 2.99. The van der Waals surface area contributed by atoms with Crippen LogP contribution in [0.25, 0.3) is 0 Å². The number of benzene rings is 1. The lowest BCUT2D eigenvalue weighted by Gasteiger charge is -2.25. The summed E-state index contributed by atoms with van der Waals surface area (Å²) in [6.45, 7) is 4.32. The first kappa shape index (κ1) is 15.5. The number of hydrogen-bond acceptors (Lipinski definition) is 3. The Balaban J connectivity index is 1.65. The summed E-state index contributed by atoms with van der Waals surface area (Å²) >= 11 is 0. The van der Waals surface area contributed by atoms with E-state index in [1.165, 1.54) is 12.1 Å². The molecule has 3 rings (SSSR count). The van der Waals surface area contributed by atoms with Gasteiger partial charge in [0.05, 0.1) is 5.69 Å². The molecule has 2 atom stereocenters. The lowest BCUT2D eigenvalue weighted by Crippen LogP contribution is -2.38. The minimum absolute atomic E-state index is 0.0595. The van der Waals surface area contributed by atoms with Crippen molar-refractivity contribution < 1.29 is 13.9 Å². The van der Waals surface area contributed by atoms with Gasteiger partial charge in [-0.25, -0.2) is 4.39 Å². The molecule has 1 N–H and O–H groups in total. The van der Waals surface area contributed by atoms with Crippen LogP contribution in [0.3, 0.4) is 0 Å². The molecule has 0 aliphatic carbocycles. The number of ether oxygens (including phenoxy) is 1. The van der Waals surface area contributed by atoms with E-state index in [-0.39, 0.29) is 30.4 Å². The molecule has 0 saturated carbocycles. The molecule has 1 aromatic carbocycles. The van der Waals surface area contributed by atoms with Crippen LogP contribution in [-0.2, 0) is 6.61 Å². The van der Waals surface area contributed by atoms with Crippen LogP contribution >= 0.6 is 0 Å². The molecule has 1 aliphatic rings. The number of likely N-dealkylation sites (tertiary alicyclic amines) is 1. The molecular formula is C17H20FN3O2. The van der Waals surface area contributed by atoms with Crippen LogP contribution in [0.4, 0.5) is 4.39 Å². The Kier molecular flexibility index (Phi) is 4.32. The van der Waals surface area contributed by atoms with Gasteiger partial charge in [0.1, 0.15) is 18.2 Å². The molecule has 5 nitrogen and oxygen atoms in total. The SMILES string of the molecule is C[C@@H]1CC[C@H](C)N1C(=O)c1cc(COc2cccc(F)c2)[nH]n1. The number of hydrogen-bond donors (Lipinski definition) is 1. The maximum absolute atomic E-state index is 13.1. The number of H-pyrrole nitrogens is 1. The van der Waals surface area contributed by atoms with Crippen LogP contribution in [0.5, 0.6) is 5.75 Å². The predicted octanol–water partition coefficient (Wildman–Crippen LogP) is 3.14. The van der Waals surface area contributed by atoms with Crippen LogP contribution < -0.4 is 4.74 Å². The summed E-state index contributed by atoms with van der Waals surface area (Å²) in [6.07, 6.45) is 2.04. The minimum atomic E-state index is -0.347. The number of carbonyl (C=O) groups excluding carboxylic acids is 1. The Morgan fingerprint density at radius 1 is 1.35 bits per heavy atom. The topological polar surface area (TPSA) is 58.2 Å². The highest BCUT2D eigenvalue weighted by atomic mass is 19.1. The van der Waals surface area contributed by atoms with Gasteiger partial charge in [-0.2, -0.15) is 5.10 Å². The smallest absolute Gasteiger partial charge is 0.274 e. The number of aromatic amines is 1. The van der Waals surface area contributed by atoms with E-state index >= 15 is 0 Å². The molecule has 1 aromatic heterocycles. The normalized spacial score (nSPS) is 20.7. The average molecular weight is 317 g/mol. The van der Waals surface area contributed by atoms with E-state index in [0.29, 0.717) is 17.1 Å². The van der Waals surface area contributed by atoms with Crippen LogP contribution in [0.2, 0.25) is 0 Å². The molecule has 1 amide bonds. The number of amides is 1. The second kappa shape index (κ2) is 6.40. The molecule has 1 aliphatic heterocycles. The maximum Gasteiger partial charge on any atom is 0.274 e. The molecule has 0 radical (unpaired) electrons. The van der Waals surface area contributed by atoms with Crippen molar-refractivity contribution >= 4 is 5.91 Å². The van der Waals surface area contributed by atoms with Gasteiger partial charge >= 0.3 is 0 Å². The molecule has 2 aromatic rings. The van der Waals surface area contributed by atoms with Crippen molar-refractivity contribution in [2.45, 2.75) is 45.4 Å². The molecule has 0 bridgehead atoms. The fourth-order valence-corrected chi connectivity index (χ4v) is 2.99. The van der Waals surface area contributed by atoms with Crippen LogP contribution in [-0.4, -0.2) is 33.1 Å². The van der Waals surface area contributed by atoms with Crippen molar-refractivity contribution in [2.24, 2.45) is 0 Å². The molecule has 2 heterocycles. The Labute approximate surface area is 134 Å². The molecule has 23 heavy (non-hydrogen) atoms. The quantitative estimate of drug-likeness (QED) is 0.942. The zero-order chi connectivity index (χ0) is 16.4. The second-order valence-corrected chi connectivity index (χ2v) is 6.01. The van der Waals surface area contributed by atoms with E-state index in [1.54, 1.807) is 18.2 Å². The first-order valence-electron chi connectivity index (χ1n) is 7.80. The second-order valence-electron chi connectivity index (χ2n) is 6.01. The number of halogens is 1. The summed E-state index contributed by atoms with van der Waals surface area (Å²) in [7, 11) is 0. The number of aromatic nitrogens is 2. The van der Waals surface area contributed by atoms with E-state index in [2.05, 4.69) is 24.0 Å². The Morgan fingerprint density at radius 3 is 2.78 bits per heavy atom. The van der Waals surface area contributed by atoms with Gasteiger partial charge in [-0.05, 0) is 44.9 Å². The van der Waals surface area contributed by atoms with E-state index < -0.39 is 0 Å². The van der Waals surface area contributed by atoms with E-state index in [1.807, 2.05) is 4.90 Å². The van der Waals surface area contributed by atoms with Gasteiger partial charge in [0.2, 0.25) is 0 Å². The Hall–Kier alpha value is -2.37. The highest BCUT2D eigenvalue weighted by molar-refractivity contribution is 5.93. The lowest BCUT2D eigenvalue weighted by atomic mass is 10.2. The van der Waals surface area contributed by atoms with Crippen LogP contribution in [0.15, 0.2) is 30.3 Å². The number of rotatable bonds is 4. The monoisotopic (exact) mass is 317 g/mol. The van der Waals surface area contributed by atoms with Gasteiger partial charge in [0.25, 0.3) is 5.91 Å². The molecule has 122 valence electrons. The number of carbonyl (C=O) groups is 1. The molecule has 0 unspecified atom stereocenters. The molecular weight excluding hydrogens is 297 g/mol. The Bertz CT molecular complexity index is 691. The average Bonchev–Trinajstić information content (AvgIpc) is 3.12. The number of nitrogens with one attached hydrogen (secondary N) is 1. The van der Waals surface area contributed by atoms with Gasteiger partial charge in [-0.1, -0.05) is 6.07 Å². The summed E-state index contributed by atoms with van der Waals surface area (Å²) in [5.41, 5.74) is 1.07. The highest BCUT2D eigenvalue weighted by Crippen LogP contribution is 2.25. The minimum Gasteiger partial charge on any atom is -0.487 e. The lowest BCUT2D eigenvalue weighted by molar-refractivity contribution is 0.0686. The number of nitrogens with zero attached hydrogens (tertiary/aromatic N) is 2.